The van der Waals surface area contributed by atoms with Crippen LogP contribution in [0.15, 0.2) is 61.1 Å². The first-order valence-corrected chi connectivity index (χ1v) is 11.8. The fourth-order valence-electron chi connectivity index (χ4n) is 3.85. The van der Waals surface area contributed by atoms with Crippen LogP contribution < -0.4 is 10.6 Å². The van der Waals surface area contributed by atoms with Gasteiger partial charge in [0.15, 0.2) is 5.82 Å². The molecule has 4 aromatic rings. The van der Waals surface area contributed by atoms with Crippen LogP contribution in [-0.2, 0) is 11.2 Å². The van der Waals surface area contributed by atoms with Gasteiger partial charge < -0.3 is 15.4 Å². The predicted molar refractivity (Wildman–Crippen MR) is 134 cm³/mol. The monoisotopic (exact) mass is 482 g/mol. The van der Waals surface area contributed by atoms with Crippen LogP contribution in [0.2, 0.25) is 0 Å². The highest BCUT2D eigenvalue weighted by Gasteiger charge is 2.18. The average molecular weight is 483 g/mol. The van der Waals surface area contributed by atoms with Crippen LogP contribution in [0.25, 0.3) is 11.5 Å². The molecule has 5 rings (SSSR count). The van der Waals surface area contributed by atoms with E-state index in [9.17, 15) is 4.79 Å². The summed E-state index contributed by atoms with van der Waals surface area (Å²) < 4.78 is 5.58. The quantitative estimate of drug-likeness (QED) is 0.379. The lowest BCUT2D eigenvalue weighted by Gasteiger charge is -2.22. The van der Waals surface area contributed by atoms with Crippen LogP contribution in [0, 0.1) is 6.92 Å². The summed E-state index contributed by atoms with van der Waals surface area (Å²) in [5.41, 5.74) is 2.79. The summed E-state index contributed by atoms with van der Waals surface area (Å²) in [5.74, 6) is 1.98. The lowest BCUT2D eigenvalue weighted by atomic mass is 10.1. The number of hydrogen-bond donors (Lipinski definition) is 2. The number of aromatic nitrogens is 6. The molecule has 0 aliphatic carbocycles. The summed E-state index contributed by atoms with van der Waals surface area (Å²) >= 11 is 0. The van der Waals surface area contributed by atoms with Crippen LogP contribution >= 0.6 is 0 Å². The zero-order valence-electron chi connectivity index (χ0n) is 19.9. The smallest absolute Gasteiger partial charge is 0.339 e. The minimum absolute atomic E-state index is 0.0406. The van der Waals surface area contributed by atoms with Crippen molar-refractivity contribution in [1.29, 1.82) is 0 Å². The number of aryl methyl sites for hydroxylation is 1. The number of anilines is 2. The van der Waals surface area contributed by atoms with E-state index >= 15 is 0 Å². The molecule has 1 saturated heterocycles. The van der Waals surface area contributed by atoms with Crippen molar-refractivity contribution in [3.05, 3.63) is 83.8 Å². The maximum absolute atomic E-state index is 12.4. The van der Waals surface area contributed by atoms with E-state index in [0.717, 1.165) is 37.3 Å². The zero-order valence-corrected chi connectivity index (χ0v) is 19.9. The highest BCUT2D eigenvalue weighted by atomic mass is 16.5. The van der Waals surface area contributed by atoms with E-state index in [1.807, 2.05) is 25.1 Å². The van der Waals surface area contributed by atoms with Crippen LogP contribution in [0.4, 0.5) is 11.6 Å². The Kier molecular flexibility index (Phi) is 7.13. The number of rotatable bonds is 7. The number of piperidine rings is 1. The van der Waals surface area contributed by atoms with Crippen LogP contribution in [0.5, 0.6) is 0 Å². The van der Waals surface area contributed by atoms with Crippen molar-refractivity contribution < 1.29 is 9.53 Å². The second kappa shape index (κ2) is 11.0. The first kappa shape index (κ1) is 23.4. The molecule has 1 aliphatic rings. The molecule has 0 atom stereocenters. The molecule has 5 heterocycles. The normalized spacial score (nSPS) is 13.8. The lowest BCUT2D eigenvalue weighted by molar-refractivity contribution is 0.0229. The third-order valence-electron chi connectivity index (χ3n) is 5.69. The maximum atomic E-state index is 12.4. The summed E-state index contributed by atoms with van der Waals surface area (Å²) in [5, 5.41) is 6.46. The number of nitrogens with zero attached hydrogens (tertiary/aromatic N) is 6. The average Bonchev–Trinajstić information content (AvgIpc) is 2.90. The highest BCUT2D eigenvalue weighted by molar-refractivity contribution is 5.89. The molecule has 1 fully saturated rings. The topological polar surface area (TPSA) is 128 Å². The Morgan fingerprint density at radius 3 is 2.56 bits per heavy atom. The van der Waals surface area contributed by atoms with Crippen molar-refractivity contribution in [3.8, 4) is 11.5 Å². The van der Waals surface area contributed by atoms with Gasteiger partial charge in [-0.25, -0.2) is 29.7 Å². The molecule has 0 aromatic carbocycles. The highest BCUT2D eigenvalue weighted by Crippen LogP contribution is 2.18. The van der Waals surface area contributed by atoms with E-state index in [0.29, 0.717) is 41.0 Å². The van der Waals surface area contributed by atoms with Gasteiger partial charge in [0.2, 0.25) is 0 Å². The van der Waals surface area contributed by atoms with Gasteiger partial charge >= 0.3 is 5.97 Å². The fourth-order valence-corrected chi connectivity index (χ4v) is 3.85. The summed E-state index contributed by atoms with van der Waals surface area (Å²) in [6.07, 6.45) is 6.94. The molecule has 1 aliphatic heterocycles. The number of carbonyl (C=O) groups excluding carboxylic acids is 1. The first-order chi connectivity index (χ1) is 17.6. The van der Waals surface area contributed by atoms with E-state index in [2.05, 4.69) is 40.5 Å². The second-order valence-electron chi connectivity index (χ2n) is 8.48. The van der Waals surface area contributed by atoms with Crippen molar-refractivity contribution >= 4 is 17.6 Å². The number of hydrogen-bond acceptors (Lipinski definition) is 10. The summed E-state index contributed by atoms with van der Waals surface area (Å²) in [6, 6.07) is 12.8. The number of nitrogens with one attached hydrogen (secondary N) is 2. The largest absolute Gasteiger partial charge is 0.459 e. The van der Waals surface area contributed by atoms with Gasteiger partial charge in [-0.2, -0.15) is 0 Å². The van der Waals surface area contributed by atoms with Gasteiger partial charge in [-0.15, -0.1) is 0 Å². The van der Waals surface area contributed by atoms with Crippen molar-refractivity contribution in [3.63, 3.8) is 0 Å². The molecule has 182 valence electrons. The minimum atomic E-state index is -0.339. The Bertz CT molecular complexity index is 1340. The molecule has 0 spiro atoms. The standard InChI is InChI=1S/C26H26N8O2/c1-17-3-2-4-21(31-17)25-29-14-10-23(34-25)32-22-9-13-28-24(33-22)15-19-6-5-18(16-30-19)26(35)36-20-7-11-27-12-8-20/h2-6,9-10,13-14,16,20,27H,7-8,11-12,15H2,1H3,(H,28,29,32,33,34). The first-order valence-electron chi connectivity index (χ1n) is 11.8. The van der Waals surface area contributed by atoms with Gasteiger partial charge in [0.1, 0.15) is 29.3 Å². The Hall–Kier alpha value is -4.31. The van der Waals surface area contributed by atoms with Gasteiger partial charge in [0.05, 0.1) is 12.0 Å². The maximum Gasteiger partial charge on any atom is 0.339 e. The predicted octanol–water partition coefficient (Wildman–Crippen LogP) is 3.28. The van der Waals surface area contributed by atoms with Gasteiger partial charge in [0.25, 0.3) is 0 Å². The van der Waals surface area contributed by atoms with Gasteiger partial charge in [-0.1, -0.05) is 6.07 Å². The molecular formula is C26H26N8O2. The third kappa shape index (κ3) is 6.02. The number of esters is 1. The molecule has 2 N–H and O–H groups in total. The van der Waals surface area contributed by atoms with Gasteiger partial charge in [0, 0.05) is 30.0 Å². The van der Waals surface area contributed by atoms with Crippen molar-refractivity contribution in [1.82, 2.24) is 35.2 Å². The Morgan fingerprint density at radius 2 is 1.78 bits per heavy atom. The van der Waals surface area contributed by atoms with Crippen LogP contribution in [0.1, 0.15) is 40.4 Å². The number of carbonyl (C=O) groups is 1. The minimum Gasteiger partial charge on any atom is -0.459 e. The van der Waals surface area contributed by atoms with E-state index < -0.39 is 0 Å². The van der Waals surface area contributed by atoms with Crippen molar-refractivity contribution in [2.45, 2.75) is 32.3 Å². The molecule has 0 bridgehead atoms. The van der Waals surface area contributed by atoms with E-state index in [1.165, 1.54) is 0 Å². The third-order valence-corrected chi connectivity index (χ3v) is 5.69. The molecule has 0 radical (unpaired) electrons. The molecule has 10 heteroatoms. The molecule has 4 aromatic heterocycles. The van der Waals surface area contributed by atoms with Crippen LogP contribution in [-0.4, -0.2) is 55.1 Å². The SMILES string of the molecule is Cc1cccc(-c2nccc(Nc3ccnc(Cc4ccc(C(=O)OC5CCNCC5)cn4)n3)n2)n1. The zero-order chi connectivity index (χ0) is 24.7. The Morgan fingerprint density at radius 1 is 0.972 bits per heavy atom. The Balaban J connectivity index is 1.23. The molecular weight excluding hydrogens is 456 g/mol. The van der Waals surface area contributed by atoms with Crippen molar-refractivity contribution in [2.75, 3.05) is 18.4 Å². The molecule has 0 unspecified atom stereocenters. The van der Waals surface area contributed by atoms with E-state index in [-0.39, 0.29) is 12.1 Å². The fraction of sp³-hybridized carbons (Fsp3) is 0.269. The van der Waals surface area contributed by atoms with Crippen molar-refractivity contribution in [2.24, 2.45) is 0 Å². The number of pyridine rings is 2. The van der Waals surface area contributed by atoms with Gasteiger partial charge in [-0.3, -0.25) is 4.98 Å². The summed E-state index contributed by atoms with van der Waals surface area (Å²) in [4.78, 5) is 39.1. The lowest BCUT2D eigenvalue weighted by Crippen LogP contribution is -2.33. The van der Waals surface area contributed by atoms with Gasteiger partial charge in [-0.05, 0) is 69.3 Å². The second-order valence-corrected chi connectivity index (χ2v) is 8.48. The summed E-state index contributed by atoms with van der Waals surface area (Å²) in [7, 11) is 0. The van der Waals surface area contributed by atoms with Crippen LogP contribution in [0.3, 0.4) is 0 Å². The number of ether oxygens (including phenoxy) is 1. The van der Waals surface area contributed by atoms with E-state index in [1.54, 1.807) is 42.9 Å². The molecule has 36 heavy (non-hydrogen) atoms. The van der Waals surface area contributed by atoms with E-state index in [4.69, 9.17) is 4.74 Å². The molecule has 0 saturated carbocycles. The summed E-state index contributed by atoms with van der Waals surface area (Å²) in [6.45, 7) is 3.66. The molecule has 0 amide bonds. The Labute approximate surface area is 208 Å². The molecule has 10 nitrogen and oxygen atoms in total.